The number of fused-ring (bicyclic) bond motifs is 1. The minimum atomic E-state index is -0.893. The van der Waals surface area contributed by atoms with Crippen molar-refractivity contribution >= 4 is 11.2 Å². The summed E-state index contributed by atoms with van der Waals surface area (Å²) < 4.78 is 6.54. The number of nitrogens with zero attached hydrogens (tertiary/aromatic N) is 3. The van der Waals surface area contributed by atoms with E-state index >= 15 is 0 Å². The Bertz CT molecular complexity index is 754. The summed E-state index contributed by atoms with van der Waals surface area (Å²) in [7, 11) is 0. The van der Waals surface area contributed by atoms with Gasteiger partial charge in [-0.1, -0.05) is 0 Å². The van der Waals surface area contributed by atoms with Crippen LogP contribution in [0.25, 0.3) is 11.2 Å². The Balaban J connectivity index is 2.18. The molecule has 1 aliphatic rings. The molecule has 0 amide bonds. The topological polar surface area (TPSA) is 130 Å². The minimum Gasteiger partial charge on any atom is -0.394 e. The van der Waals surface area contributed by atoms with Crippen molar-refractivity contribution in [2.45, 2.75) is 24.9 Å². The first-order valence-electron chi connectivity index (χ1n) is 6.01. The van der Waals surface area contributed by atoms with E-state index in [1.165, 1.54) is 12.4 Å². The van der Waals surface area contributed by atoms with Gasteiger partial charge in [-0.3, -0.25) is 9.78 Å². The molecule has 1 aliphatic heterocycles. The second-order valence-corrected chi connectivity index (χ2v) is 4.47. The van der Waals surface area contributed by atoms with Crippen molar-refractivity contribution in [3.8, 4) is 0 Å². The quantitative estimate of drug-likeness (QED) is 0.586. The van der Waals surface area contributed by atoms with Crippen molar-refractivity contribution in [2.75, 3.05) is 6.61 Å². The maximum Gasteiger partial charge on any atom is 0.332 e. The van der Waals surface area contributed by atoms with Crippen molar-refractivity contribution in [3.05, 3.63) is 33.2 Å². The van der Waals surface area contributed by atoms with E-state index in [1.54, 1.807) is 0 Å². The molecule has 0 spiro atoms. The van der Waals surface area contributed by atoms with E-state index in [0.717, 1.165) is 4.57 Å². The highest BCUT2D eigenvalue weighted by Crippen LogP contribution is 2.28. The van der Waals surface area contributed by atoms with Gasteiger partial charge in [-0.2, -0.15) is 0 Å². The summed E-state index contributed by atoms with van der Waals surface area (Å²) in [5, 5.41) is 18.8. The van der Waals surface area contributed by atoms with E-state index in [9.17, 15) is 14.7 Å². The van der Waals surface area contributed by atoms with Crippen LogP contribution in [0.5, 0.6) is 0 Å². The number of ether oxygens (including phenoxy) is 1. The molecule has 0 unspecified atom stereocenters. The number of aromatic nitrogens is 4. The molecular formula is C11H12N4O5. The number of nitrogens with one attached hydrogen (secondary N) is 1. The summed E-state index contributed by atoms with van der Waals surface area (Å²) in [6.07, 6.45) is 0.328. The largest absolute Gasteiger partial charge is 0.394 e. The van der Waals surface area contributed by atoms with Crippen LogP contribution < -0.4 is 11.2 Å². The second kappa shape index (κ2) is 4.78. The molecule has 1 fully saturated rings. The van der Waals surface area contributed by atoms with Gasteiger partial charge in [0.05, 0.1) is 12.7 Å². The average molecular weight is 280 g/mol. The summed E-state index contributed by atoms with van der Waals surface area (Å²) in [5.41, 5.74) is -1.24. The highest BCUT2D eigenvalue weighted by Gasteiger charge is 2.36. The molecule has 3 heterocycles. The van der Waals surface area contributed by atoms with Gasteiger partial charge in [0.25, 0.3) is 5.56 Å². The summed E-state index contributed by atoms with van der Waals surface area (Å²) in [4.78, 5) is 33.6. The number of aromatic amines is 1. The van der Waals surface area contributed by atoms with Gasteiger partial charge in [-0.05, 0) is 0 Å². The second-order valence-electron chi connectivity index (χ2n) is 4.47. The van der Waals surface area contributed by atoms with Gasteiger partial charge in [-0.25, -0.2) is 19.3 Å². The molecule has 0 bridgehead atoms. The Kier molecular flexibility index (Phi) is 3.08. The molecule has 106 valence electrons. The molecule has 2 aromatic heterocycles. The van der Waals surface area contributed by atoms with Crippen LogP contribution in [0, 0.1) is 0 Å². The zero-order chi connectivity index (χ0) is 14.3. The Morgan fingerprint density at radius 3 is 2.85 bits per heavy atom. The van der Waals surface area contributed by atoms with Gasteiger partial charge in [0.1, 0.15) is 12.3 Å². The smallest absolute Gasteiger partial charge is 0.332 e. The van der Waals surface area contributed by atoms with E-state index in [4.69, 9.17) is 9.84 Å². The Labute approximate surface area is 111 Å². The summed E-state index contributed by atoms with van der Waals surface area (Å²) >= 11 is 0. The van der Waals surface area contributed by atoms with Crippen molar-refractivity contribution in [2.24, 2.45) is 0 Å². The molecule has 3 rings (SSSR count). The lowest BCUT2D eigenvalue weighted by molar-refractivity contribution is -0.0445. The van der Waals surface area contributed by atoms with Gasteiger partial charge in [0.2, 0.25) is 0 Å². The van der Waals surface area contributed by atoms with E-state index < -0.39 is 29.7 Å². The number of hydrogen-bond donors (Lipinski definition) is 3. The molecule has 0 aliphatic carbocycles. The van der Waals surface area contributed by atoms with Gasteiger partial charge in [-0.15, -0.1) is 0 Å². The lowest BCUT2D eigenvalue weighted by Gasteiger charge is -2.15. The van der Waals surface area contributed by atoms with Crippen LogP contribution in [0.4, 0.5) is 0 Å². The summed E-state index contributed by atoms with van der Waals surface area (Å²) in [6, 6.07) is 0. The van der Waals surface area contributed by atoms with E-state index in [1.807, 2.05) is 0 Å². The summed E-state index contributed by atoms with van der Waals surface area (Å²) in [5.74, 6) is 0. The number of aliphatic hydroxyl groups excluding tert-OH is 2. The van der Waals surface area contributed by atoms with Gasteiger partial charge in [0, 0.05) is 18.8 Å². The fourth-order valence-corrected chi connectivity index (χ4v) is 2.28. The third-order valence-electron chi connectivity index (χ3n) is 3.23. The minimum absolute atomic E-state index is 0.0117. The predicted octanol–water partition coefficient (Wildman–Crippen LogP) is -1.88. The molecule has 1 saturated heterocycles. The highest BCUT2D eigenvalue weighted by atomic mass is 16.5. The van der Waals surface area contributed by atoms with Gasteiger partial charge in [0.15, 0.2) is 11.2 Å². The molecule has 9 nitrogen and oxygen atoms in total. The van der Waals surface area contributed by atoms with Crippen LogP contribution in [0.2, 0.25) is 0 Å². The van der Waals surface area contributed by atoms with Crippen LogP contribution in [0.15, 0.2) is 22.0 Å². The molecule has 9 heteroatoms. The van der Waals surface area contributed by atoms with E-state index in [-0.39, 0.29) is 24.2 Å². The fourth-order valence-electron chi connectivity index (χ4n) is 2.28. The van der Waals surface area contributed by atoms with Crippen molar-refractivity contribution in [1.29, 1.82) is 0 Å². The number of hydrogen-bond acceptors (Lipinski definition) is 7. The molecule has 3 atom stereocenters. The van der Waals surface area contributed by atoms with Crippen LogP contribution in [0.1, 0.15) is 12.6 Å². The van der Waals surface area contributed by atoms with E-state index in [0.29, 0.717) is 0 Å². The molecule has 2 aromatic rings. The first-order chi connectivity index (χ1) is 9.61. The van der Waals surface area contributed by atoms with Crippen molar-refractivity contribution < 1.29 is 14.9 Å². The number of aliphatic hydroxyl groups is 2. The highest BCUT2D eigenvalue weighted by molar-refractivity contribution is 5.67. The molecular weight excluding hydrogens is 268 g/mol. The zero-order valence-electron chi connectivity index (χ0n) is 10.3. The average Bonchev–Trinajstić information content (AvgIpc) is 2.80. The SMILES string of the molecule is O=c1[nH]c(=O)n([C@H]2C[C@H](O)[C@@H](CO)O2)c2nccnc12. The van der Waals surface area contributed by atoms with Crippen LogP contribution in [-0.4, -0.2) is 48.5 Å². The Hall–Kier alpha value is -2.10. The molecule has 0 aromatic carbocycles. The molecule has 0 radical (unpaired) electrons. The van der Waals surface area contributed by atoms with Gasteiger partial charge < -0.3 is 14.9 Å². The fraction of sp³-hybridized carbons (Fsp3) is 0.455. The normalized spacial score (nSPS) is 26.2. The lowest BCUT2D eigenvalue weighted by atomic mass is 10.2. The molecule has 20 heavy (non-hydrogen) atoms. The number of H-pyrrole nitrogens is 1. The van der Waals surface area contributed by atoms with Gasteiger partial charge >= 0.3 is 5.69 Å². The summed E-state index contributed by atoms with van der Waals surface area (Å²) in [6.45, 7) is -0.362. The standard InChI is InChI=1S/C11H12N4O5/c16-4-6-5(17)3-7(20-6)15-9-8(12-1-2-13-9)10(18)14-11(15)19/h1-2,5-7,16-17H,3-4H2,(H,14,18,19)/t5-,6+,7+/m0/s1. The third kappa shape index (κ3) is 1.92. The van der Waals surface area contributed by atoms with Crippen molar-refractivity contribution in [1.82, 2.24) is 19.5 Å². The lowest BCUT2D eigenvalue weighted by Crippen LogP contribution is -2.34. The van der Waals surface area contributed by atoms with Crippen molar-refractivity contribution in [3.63, 3.8) is 0 Å². The first kappa shape index (κ1) is 12.9. The zero-order valence-corrected chi connectivity index (χ0v) is 10.3. The Morgan fingerprint density at radius 1 is 1.40 bits per heavy atom. The maximum atomic E-state index is 12.0. The van der Waals surface area contributed by atoms with E-state index in [2.05, 4.69) is 15.0 Å². The van der Waals surface area contributed by atoms with Crippen LogP contribution in [-0.2, 0) is 4.74 Å². The predicted molar refractivity (Wildman–Crippen MR) is 66.0 cm³/mol. The maximum absolute atomic E-state index is 12.0. The monoisotopic (exact) mass is 280 g/mol. The molecule has 3 N–H and O–H groups in total. The van der Waals surface area contributed by atoms with Crippen LogP contribution in [0.3, 0.4) is 0 Å². The van der Waals surface area contributed by atoms with Crippen LogP contribution >= 0.6 is 0 Å². The first-order valence-corrected chi connectivity index (χ1v) is 6.01. The third-order valence-corrected chi connectivity index (χ3v) is 3.23. The Morgan fingerprint density at radius 2 is 2.15 bits per heavy atom. The number of rotatable bonds is 2. The molecule has 0 saturated carbocycles.